The molecule has 2 N–H and O–H groups in total. The van der Waals surface area contributed by atoms with Crippen molar-refractivity contribution in [2.45, 2.75) is 12.5 Å². The van der Waals surface area contributed by atoms with Gasteiger partial charge in [0.15, 0.2) is 0 Å². The van der Waals surface area contributed by atoms with E-state index < -0.39 is 18.3 Å². The Morgan fingerprint density at radius 2 is 1.89 bits per heavy atom. The molecule has 1 unspecified atom stereocenters. The molecule has 0 saturated heterocycles. The van der Waals surface area contributed by atoms with E-state index >= 15 is 0 Å². The number of hydrogen-bond donors (Lipinski definition) is 2. The zero-order valence-corrected chi connectivity index (χ0v) is 10.9. The van der Waals surface area contributed by atoms with Crippen LogP contribution in [0.5, 0.6) is 0 Å². The number of carbonyl (C=O) groups excluding carboxylic acids is 1. The summed E-state index contributed by atoms with van der Waals surface area (Å²) in [6.45, 7) is 0. The summed E-state index contributed by atoms with van der Waals surface area (Å²) in [7, 11) is 0. The smallest absolute Gasteiger partial charge is 0.312 e. The fourth-order valence-electron chi connectivity index (χ4n) is 1.77. The van der Waals surface area contributed by atoms with Gasteiger partial charge in [-0.2, -0.15) is 0 Å². The first-order valence-corrected chi connectivity index (χ1v) is 6.64. The molecule has 4 nitrogen and oxygen atoms in total. The number of benzene rings is 1. The van der Waals surface area contributed by atoms with E-state index in [9.17, 15) is 9.59 Å². The van der Waals surface area contributed by atoms with Gasteiger partial charge in [-0.15, -0.1) is 11.3 Å². The number of hydrogen-bond acceptors (Lipinski definition) is 3. The molecule has 2 rings (SSSR count). The lowest BCUT2D eigenvalue weighted by Gasteiger charge is -2.17. The van der Waals surface area contributed by atoms with E-state index in [0.29, 0.717) is 0 Å². The molecule has 0 fully saturated rings. The Hall–Kier alpha value is -2.14. The molecule has 1 aromatic carbocycles. The Labute approximate surface area is 114 Å². The summed E-state index contributed by atoms with van der Waals surface area (Å²) in [5.41, 5.74) is 0.934. The van der Waals surface area contributed by atoms with E-state index in [2.05, 4.69) is 5.32 Å². The topological polar surface area (TPSA) is 66.4 Å². The standard InChI is InChI=1S/C14H13NO3S/c16-12(9-13(17)18)15-14(11-7-4-8-19-11)10-5-2-1-3-6-10/h1-8,14H,9H2,(H,15,16)(H,17,18). The molecular weight excluding hydrogens is 262 g/mol. The van der Waals surface area contributed by atoms with Crippen LogP contribution in [0.25, 0.3) is 0 Å². The van der Waals surface area contributed by atoms with Gasteiger partial charge in [0, 0.05) is 4.88 Å². The maximum Gasteiger partial charge on any atom is 0.312 e. The monoisotopic (exact) mass is 275 g/mol. The summed E-state index contributed by atoms with van der Waals surface area (Å²) in [6.07, 6.45) is -0.519. The summed E-state index contributed by atoms with van der Waals surface area (Å²) < 4.78 is 0. The molecular formula is C14H13NO3S. The minimum absolute atomic E-state index is 0.298. The average molecular weight is 275 g/mol. The highest BCUT2D eigenvalue weighted by molar-refractivity contribution is 7.10. The second-order valence-corrected chi connectivity index (χ2v) is 4.98. The van der Waals surface area contributed by atoms with Gasteiger partial charge in [0.25, 0.3) is 0 Å². The van der Waals surface area contributed by atoms with Crippen LogP contribution in [0.4, 0.5) is 0 Å². The van der Waals surface area contributed by atoms with Crippen LogP contribution in [-0.4, -0.2) is 17.0 Å². The third kappa shape index (κ3) is 3.66. The number of aliphatic carboxylic acids is 1. The molecule has 0 aliphatic heterocycles. The first-order valence-electron chi connectivity index (χ1n) is 5.76. The van der Waals surface area contributed by atoms with Gasteiger partial charge in [-0.05, 0) is 17.0 Å². The molecule has 0 aliphatic rings. The fraction of sp³-hybridized carbons (Fsp3) is 0.143. The van der Waals surface area contributed by atoms with E-state index in [1.807, 2.05) is 47.8 Å². The highest BCUT2D eigenvalue weighted by Gasteiger charge is 2.18. The van der Waals surface area contributed by atoms with Crippen molar-refractivity contribution in [1.29, 1.82) is 0 Å². The van der Waals surface area contributed by atoms with Gasteiger partial charge in [0.05, 0.1) is 6.04 Å². The van der Waals surface area contributed by atoms with Crippen LogP contribution in [0.3, 0.4) is 0 Å². The number of amides is 1. The predicted octanol–water partition coefficient (Wildman–Crippen LogP) is 2.43. The molecule has 5 heteroatoms. The van der Waals surface area contributed by atoms with Crippen molar-refractivity contribution in [2.24, 2.45) is 0 Å². The lowest BCUT2D eigenvalue weighted by Crippen LogP contribution is -2.30. The first kappa shape index (κ1) is 13.3. The van der Waals surface area contributed by atoms with Gasteiger partial charge in [0.1, 0.15) is 6.42 Å². The predicted molar refractivity (Wildman–Crippen MR) is 73.0 cm³/mol. The van der Waals surface area contributed by atoms with Crippen LogP contribution in [0.2, 0.25) is 0 Å². The largest absolute Gasteiger partial charge is 0.481 e. The van der Waals surface area contributed by atoms with Crippen molar-refractivity contribution in [3.05, 3.63) is 58.3 Å². The van der Waals surface area contributed by atoms with Crippen LogP contribution >= 0.6 is 11.3 Å². The minimum Gasteiger partial charge on any atom is -0.481 e. The molecule has 98 valence electrons. The van der Waals surface area contributed by atoms with Crippen LogP contribution < -0.4 is 5.32 Å². The van der Waals surface area contributed by atoms with Crippen LogP contribution in [0.15, 0.2) is 47.8 Å². The van der Waals surface area contributed by atoms with Gasteiger partial charge in [-0.1, -0.05) is 36.4 Å². The normalized spacial score (nSPS) is 11.8. The Morgan fingerprint density at radius 1 is 1.16 bits per heavy atom. The third-order valence-electron chi connectivity index (χ3n) is 2.58. The van der Waals surface area contributed by atoms with Crippen molar-refractivity contribution in [3.8, 4) is 0 Å². The van der Waals surface area contributed by atoms with Crippen molar-refractivity contribution < 1.29 is 14.7 Å². The van der Waals surface area contributed by atoms with E-state index in [-0.39, 0.29) is 6.04 Å². The van der Waals surface area contributed by atoms with Crippen LogP contribution in [0, 0.1) is 0 Å². The molecule has 1 amide bonds. The Kier molecular flexibility index (Phi) is 4.30. The van der Waals surface area contributed by atoms with Crippen molar-refractivity contribution >= 4 is 23.2 Å². The second-order valence-electron chi connectivity index (χ2n) is 4.00. The summed E-state index contributed by atoms with van der Waals surface area (Å²) in [5, 5.41) is 13.3. The maximum absolute atomic E-state index is 11.6. The number of carboxylic acid groups (broad SMARTS) is 1. The SMILES string of the molecule is O=C(O)CC(=O)NC(c1ccccc1)c1cccs1. The van der Waals surface area contributed by atoms with Gasteiger partial charge >= 0.3 is 5.97 Å². The number of nitrogens with one attached hydrogen (secondary N) is 1. The molecule has 0 bridgehead atoms. The second kappa shape index (κ2) is 6.15. The van der Waals surface area contributed by atoms with Gasteiger partial charge in [0.2, 0.25) is 5.91 Å². The first-order chi connectivity index (χ1) is 9.16. The highest BCUT2D eigenvalue weighted by Crippen LogP contribution is 2.25. The minimum atomic E-state index is -1.13. The number of thiophene rings is 1. The molecule has 0 aliphatic carbocycles. The van der Waals surface area contributed by atoms with Crippen LogP contribution in [-0.2, 0) is 9.59 Å². The lowest BCUT2D eigenvalue weighted by atomic mass is 10.1. The highest BCUT2D eigenvalue weighted by atomic mass is 32.1. The average Bonchev–Trinajstić information content (AvgIpc) is 2.90. The zero-order valence-electron chi connectivity index (χ0n) is 10.1. The van der Waals surface area contributed by atoms with Gasteiger partial charge in [-0.3, -0.25) is 9.59 Å². The quantitative estimate of drug-likeness (QED) is 0.824. The Morgan fingerprint density at radius 3 is 2.47 bits per heavy atom. The molecule has 1 aromatic heterocycles. The van der Waals surface area contributed by atoms with E-state index in [4.69, 9.17) is 5.11 Å². The van der Waals surface area contributed by atoms with Crippen molar-refractivity contribution in [1.82, 2.24) is 5.32 Å². The number of carbonyl (C=O) groups is 2. The third-order valence-corrected chi connectivity index (χ3v) is 3.51. The summed E-state index contributed by atoms with van der Waals surface area (Å²) in [5.74, 6) is -1.62. The maximum atomic E-state index is 11.6. The van der Waals surface area contributed by atoms with Crippen molar-refractivity contribution in [2.75, 3.05) is 0 Å². The summed E-state index contributed by atoms with van der Waals surface area (Å²) >= 11 is 1.52. The zero-order chi connectivity index (χ0) is 13.7. The Bertz CT molecular complexity index is 551. The summed E-state index contributed by atoms with van der Waals surface area (Å²) in [6, 6.07) is 13.0. The number of rotatable bonds is 5. The number of carboxylic acids is 1. The van der Waals surface area contributed by atoms with E-state index in [0.717, 1.165) is 10.4 Å². The molecule has 1 heterocycles. The van der Waals surface area contributed by atoms with E-state index in [1.165, 1.54) is 11.3 Å². The van der Waals surface area contributed by atoms with Crippen molar-refractivity contribution in [3.63, 3.8) is 0 Å². The molecule has 0 radical (unpaired) electrons. The van der Waals surface area contributed by atoms with Gasteiger partial charge in [-0.25, -0.2) is 0 Å². The molecule has 2 aromatic rings. The molecule has 19 heavy (non-hydrogen) atoms. The van der Waals surface area contributed by atoms with Gasteiger partial charge < -0.3 is 10.4 Å². The molecule has 1 atom stereocenters. The van der Waals surface area contributed by atoms with E-state index in [1.54, 1.807) is 0 Å². The lowest BCUT2D eigenvalue weighted by molar-refractivity contribution is -0.140. The molecule has 0 spiro atoms. The fourth-order valence-corrected chi connectivity index (χ4v) is 2.57. The molecule has 0 saturated carbocycles. The Balaban J connectivity index is 2.21. The summed E-state index contributed by atoms with van der Waals surface area (Å²) in [4.78, 5) is 23.2. The van der Waals surface area contributed by atoms with Crippen LogP contribution in [0.1, 0.15) is 22.9 Å².